The highest BCUT2D eigenvalue weighted by Gasteiger charge is 2.19. The molecule has 3 aromatic rings. The number of amides is 1. The van der Waals surface area contributed by atoms with E-state index in [2.05, 4.69) is 48.1 Å². The van der Waals surface area contributed by atoms with Crippen molar-refractivity contribution in [2.45, 2.75) is 46.0 Å². The van der Waals surface area contributed by atoms with E-state index in [1.807, 2.05) is 41.7 Å². The molecule has 2 heterocycles. The third-order valence-electron chi connectivity index (χ3n) is 5.19. The van der Waals surface area contributed by atoms with Crippen molar-refractivity contribution in [2.24, 2.45) is 0 Å². The Morgan fingerprint density at radius 3 is 2.24 bits per heavy atom. The monoisotopic (exact) mass is 387 g/mol. The summed E-state index contributed by atoms with van der Waals surface area (Å²) in [5.74, 6) is 0.195. The van der Waals surface area contributed by atoms with Crippen LogP contribution < -0.4 is 4.90 Å². The van der Waals surface area contributed by atoms with Crippen LogP contribution in [0, 0.1) is 13.8 Å². The SMILES string of the molecule is Cc1cccc(C)c1N(CCCc1ccncc1)C(=O)CCCc1cccnc1. The van der Waals surface area contributed by atoms with Gasteiger partial charge in [0.05, 0.1) is 0 Å². The minimum Gasteiger partial charge on any atom is -0.312 e. The fourth-order valence-corrected chi connectivity index (χ4v) is 3.71. The van der Waals surface area contributed by atoms with Crippen LogP contribution in [0.4, 0.5) is 5.69 Å². The molecule has 0 aliphatic carbocycles. The number of aryl methyl sites for hydroxylation is 4. The molecular weight excluding hydrogens is 358 g/mol. The van der Waals surface area contributed by atoms with Gasteiger partial charge in [-0.15, -0.1) is 0 Å². The van der Waals surface area contributed by atoms with Crippen LogP contribution in [0.15, 0.2) is 67.3 Å². The molecule has 1 aromatic carbocycles. The molecule has 29 heavy (non-hydrogen) atoms. The van der Waals surface area contributed by atoms with Crippen molar-refractivity contribution in [3.05, 3.63) is 89.5 Å². The molecule has 0 unspecified atom stereocenters. The van der Waals surface area contributed by atoms with Crippen LogP contribution in [0.2, 0.25) is 0 Å². The molecule has 3 rings (SSSR count). The molecule has 0 saturated carbocycles. The number of benzene rings is 1. The van der Waals surface area contributed by atoms with E-state index in [0.29, 0.717) is 6.42 Å². The van der Waals surface area contributed by atoms with Crippen molar-refractivity contribution >= 4 is 11.6 Å². The first-order valence-electron chi connectivity index (χ1n) is 10.3. The Hall–Kier alpha value is -3.01. The maximum absolute atomic E-state index is 13.2. The second kappa shape index (κ2) is 10.5. The summed E-state index contributed by atoms with van der Waals surface area (Å²) < 4.78 is 0. The van der Waals surface area contributed by atoms with Crippen molar-refractivity contribution in [3.8, 4) is 0 Å². The minimum atomic E-state index is 0.195. The van der Waals surface area contributed by atoms with Crippen molar-refractivity contribution in [3.63, 3.8) is 0 Å². The van der Waals surface area contributed by atoms with Gasteiger partial charge in [-0.25, -0.2) is 0 Å². The molecule has 4 heteroatoms. The normalized spacial score (nSPS) is 10.7. The van der Waals surface area contributed by atoms with Gasteiger partial charge in [0.15, 0.2) is 0 Å². The summed E-state index contributed by atoms with van der Waals surface area (Å²) in [6.45, 7) is 4.89. The van der Waals surface area contributed by atoms with Crippen molar-refractivity contribution in [1.82, 2.24) is 9.97 Å². The predicted molar refractivity (Wildman–Crippen MR) is 118 cm³/mol. The van der Waals surface area contributed by atoms with Gasteiger partial charge in [-0.3, -0.25) is 14.8 Å². The van der Waals surface area contributed by atoms with Crippen LogP contribution in [0.1, 0.15) is 41.5 Å². The van der Waals surface area contributed by atoms with Crippen LogP contribution in [0.5, 0.6) is 0 Å². The maximum atomic E-state index is 13.2. The number of anilines is 1. The van der Waals surface area contributed by atoms with Crippen molar-refractivity contribution in [1.29, 1.82) is 0 Å². The van der Waals surface area contributed by atoms with Crippen LogP contribution in [-0.2, 0) is 17.6 Å². The zero-order valence-corrected chi connectivity index (χ0v) is 17.3. The lowest BCUT2D eigenvalue weighted by Crippen LogP contribution is -2.33. The highest BCUT2D eigenvalue weighted by Crippen LogP contribution is 2.26. The Morgan fingerprint density at radius 1 is 0.828 bits per heavy atom. The topological polar surface area (TPSA) is 46.1 Å². The summed E-state index contributed by atoms with van der Waals surface area (Å²) in [5.41, 5.74) is 5.79. The van der Waals surface area contributed by atoms with Crippen molar-refractivity contribution in [2.75, 3.05) is 11.4 Å². The fraction of sp³-hybridized carbons (Fsp3) is 0.320. The van der Waals surface area contributed by atoms with Crippen molar-refractivity contribution < 1.29 is 4.79 Å². The third kappa shape index (κ3) is 5.98. The third-order valence-corrected chi connectivity index (χ3v) is 5.19. The Morgan fingerprint density at radius 2 is 1.55 bits per heavy atom. The number of pyridine rings is 2. The van der Waals surface area contributed by atoms with E-state index in [4.69, 9.17) is 0 Å². The molecule has 0 spiro atoms. The number of carbonyl (C=O) groups excluding carboxylic acids is 1. The first-order valence-corrected chi connectivity index (χ1v) is 10.3. The summed E-state index contributed by atoms with van der Waals surface area (Å²) in [5, 5.41) is 0. The number of nitrogens with zero attached hydrogens (tertiary/aromatic N) is 3. The summed E-state index contributed by atoms with van der Waals surface area (Å²) in [4.78, 5) is 23.4. The summed E-state index contributed by atoms with van der Waals surface area (Å²) >= 11 is 0. The molecule has 150 valence electrons. The molecule has 0 radical (unpaired) electrons. The molecule has 0 fully saturated rings. The highest BCUT2D eigenvalue weighted by molar-refractivity contribution is 5.94. The molecule has 0 bridgehead atoms. The van der Waals surface area contributed by atoms with E-state index in [-0.39, 0.29) is 5.91 Å². The molecule has 4 nitrogen and oxygen atoms in total. The number of carbonyl (C=O) groups is 1. The molecule has 0 aliphatic heterocycles. The molecule has 0 N–H and O–H groups in total. The molecule has 0 aliphatic rings. The van der Waals surface area contributed by atoms with Gasteiger partial charge < -0.3 is 4.90 Å². The van der Waals surface area contributed by atoms with Gasteiger partial charge >= 0.3 is 0 Å². The Bertz CT molecular complexity index is 890. The standard InChI is InChI=1S/C25H29N3O/c1-20-7-3-8-21(2)25(20)28(18-6-11-22-13-16-26-17-14-22)24(29)12-4-9-23-10-5-15-27-19-23/h3,5,7-8,10,13-17,19H,4,6,9,11-12,18H2,1-2H3. The molecule has 1 amide bonds. The lowest BCUT2D eigenvalue weighted by atomic mass is 10.0. The Kier molecular flexibility index (Phi) is 7.51. The predicted octanol–water partition coefficient (Wildman–Crippen LogP) is 5.08. The number of rotatable bonds is 9. The average Bonchev–Trinajstić information content (AvgIpc) is 2.74. The second-order valence-corrected chi connectivity index (χ2v) is 7.46. The lowest BCUT2D eigenvalue weighted by Gasteiger charge is -2.26. The maximum Gasteiger partial charge on any atom is 0.227 e. The summed E-state index contributed by atoms with van der Waals surface area (Å²) in [6, 6.07) is 14.3. The quantitative estimate of drug-likeness (QED) is 0.514. The molecule has 0 atom stereocenters. The minimum absolute atomic E-state index is 0.195. The first kappa shape index (κ1) is 20.7. The van der Waals surface area contributed by atoms with Crippen LogP contribution in [0.3, 0.4) is 0 Å². The second-order valence-electron chi connectivity index (χ2n) is 7.46. The van der Waals surface area contributed by atoms with E-state index in [9.17, 15) is 4.79 Å². The van der Waals surface area contributed by atoms with Gasteiger partial charge in [-0.1, -0.05) is 24.3 Å². The van der Waals surface area contributed by atoms with E-state index in [0.717, 1.165) is 49.0 Å². The lowest BCUT2D eigenvalue weighted by molar-refractivity contribution is -0.118. The largest absolute Gasteiger partial charge is 0.312 e. The van der Waals surface area contributed by atoms with E-state index in [1.165, 1.54) is 11.1 Å². The zero-order chi connectivity index (χ0) is 20.5. The summed E-state index contributed by atoms with van der Waals surface area (Å²) in [6.07, 6.45) is 11.4. The molecule has 0 saturated heterocycles. The molecular formula is C25H29N3O. The Labute approximate surface area is 173 Å². The van der Waals surface area contributed by atoms with Crippen LogP contribution >= 0.6 is 0 Å². The first-order chi connectivity index (χ1) is 14.1. The van der Waals surface area contributed by atoms with E-state index < -0.39 is 0 Å². The van der Waals surface area contributed by atoms with Gasteiger partial charge in [0.1, 0.15) is 0 Å². The Balaban J connectivity index is 1.67. The number of hydrogen-bond donors (Lipinski definition) is 0. The average molecular weight is 388 g/mol. The van der Waals surface area contributed by atoms with E-state index in [1.54, 1.807) is 6.20 Å². The van der Waals surface area contributed by atoms with Gasteiger partial charge in [0.25, 0.3) is 0 Å². The number of hydrogen-bond acceptors (Lipinski definition) is 3. The van der Waals surface area contributed by atoms with Crippen LogP contribution in [-0.4, -0.2) is 22.4 Å². The fourth-order valence-electron chi connectivity index (χ4n) is 3.71. The van der Waals surface area contributed by atoms with Gasteiger partial charge in [-0.2, -0.15) is 0 Å². The number of aromatic nitrogens is 2. The zero-order valence-electron chi connectivity index (χ0n) is 17.3. The van der Waals surface area contributed by atoms with Gasteiger partial charge in [-0.05, 0) is 80.0 Å². The van der Waals surface area contributed by atoms with E-state index >= 15 is 0 Å². The van der Waals surface area contributed by atoms with Gasteiger partial charge in [0, 0.05) is 43.4 Å². The highest BCUT2D eigenvalue weighted by atomic mass is 16.2. The summed E-state index contributed by atoms with van der Waals surface area (Å²) in [7, 11) is 0. The number of para-hydroxylation sites is 1. The smallest absolute Gasteiger partial charge is 0.227 e. The van der Waals surface area contributed by atoms with Gasteiger partial charge in [0.2, 0.25) is 5.91 Å². The molecule has 2 aromatic heterocycles. The van der Waals surface area contributed by atoms with Crippen LogP contribution in [0.25, 0.3) is 0 Å².